The standard InChI is InChI=1S/C17H14F3N3O3/c1-26-13-3-2-8-23-15(13)22-14(12(9-24)16(23)25)21-11-6-4-10(5-7-11)17(18,19)20/h2-8,21,24H,9H2,1H3. The molecule has 26 heavy (non-hydrogen) atoms. The summed E-state index contributed by atoms with van der Waals surface area (Å²) in [4.78, 5) is 16.8. The minimum atomic E-state index is -4.44. The van der Waals surface area contributed by atoms with Gasteiger partial charge in [0.2, 0.25) is 0 Å². The van der Waals surface area contributed by atoms with E-state index in [1.54, 1.807) is 12.1 Å². The Labute approximate surface area is 145 Å². The summed E-state index contributed by atoms with van der Waals surface area (Å²) in [7, 11) is 1.42. The van der Waals surface area contributed by atoms with Gasteiger partial charge in [0.1, 0.15) is 5.82 Å². The summed E-state index contributed by atoms with van der Waals surface area (Å²) in [5.74, 6) is 0.381. The van der Waals surface area contributed by atoms with Gasteiger partial charge in [-0.25, -0.2) is 4.98 Å². The quantitative estimate of drug-likeness (QED) is 0.744. The molecule has 0 radical (unpaired) electrons. The molecular weight excluding hydrogens is 351 g/mol. The second kappa shape index (κ2) is 6.68. The van der Waals surface area contributed by atoms with Gasteiger partial charge in [-0.3, -0.25) is 9.20 Å². The summed E-state index contributed by atoms with van der Waals surface area (Å²) in [6, 6.07) is 7.47. The Bertz CT molecular complexity index is 998. The van der Waals surface area contributed by atoms with Crippen molar-refractivity contribution in [2.45, 2.75) is 12.8 Å². The number of aliphatic hydroxyl groups is 1. The average Bonchev–Trinajstić information content (AvgIpc) is 2.61. The van der Waals surface area contributed by atoms with Crippen molar-refractivity contribution in [3.63, 3.8) is 0 Å². The largest absolute Gasteiger partial charge is 0.493 e. The van der Waals surface area contributed by atoms with Gasteiger partial charge in [0, 0.05) is 11.9 Å². The maximum Gasteiger partial charge on any atom is 0.416 e. The Hall–Kier alpha value is -3.07. The number of alkyl halides is 3. The molecule has 2 N–H and O–H groups in total. The van der Waals surface area contributed by atoms with Gasteiger partial charge < -0.3 is 15.2 Å². The van der Waals surface area contributed by atoms with E-state index >= 15 is 0 Å². The molecule has 0 aliphatic heterocycles. The highest BCUT2D eigenvalue weighted by Crippen LogP contribution is 2.30. The first kappa shape index (κ1) is 17.7. The SMILES string of the molecule is COc1cccn2c(=O)c(CO)c(Nc3ccc(C(F)(F)F)cc3)nc12. The van der Waals surface area contributed by atoms with Crippen molar-refractivity contribution in [1.29, 1.82) is 0 Å². The minimum absolute atomic E-state index is 0.0179. The van der Waals surface area contributed by atoms with E-state index in [9.17, 15) is 23.1 Å². The number of nitrogens with one attached hydrogen (secondary N) is 1. The molecule has 9 heteroatoms. The number of fused-ring (bicyclic) bond motifs is 1. The summed E-state index contributed by atoms with van der Waals surface area (Å²) >= 11 is 0. The molecule has 3 rings (SSSR count). The van der Waals surface area contributed by atoms with E-state index in [0.29, 0.717) is 11.4 Å². The van der Waals surface area contributed by atoms with E-state index < -0.39 is 23.9 Å². The fourth-order valence-corrected chi connectivity index (χ4v) is 2.46. The molecule has 2 aromatic heterocycles. The summed E-state index contributed by atoms with van der Waals surface area (Å²) < 4.78 is 44.4. The van der Waals surface area contributed by atoms with Crippen LogP contribution in [0.4, 0.5) is 24.7 Å². The van der Waals surface area contributed by atoms with E-state index in [2.05, 4.69) is 10.3 Å². The molecule has 0 bridgehead atoms. The Morgan fingerprint density at radius 2 is 1.92 bits per heavy atom. The van der Waals surface area contributed by atoms with Gasteiger partial charge in [0.05, 0.1) is 24.8 Å². The summed E-state index contributed by atoms with van der Waals surface area (Å²) in [5, 5.41) is 12.3. The van der Waals surface area contributed by atoms with Crippen molar-refractivity contribution in [3.05, 3.63) is 64.1 Å². The first-order chi connectivity index (χ1) is 12.3. The van der Waals surface area contributed by atoms with Crippen molar-refractivity contribution >= 4 is 17.2 Å². The Balaban J connectivity index is 2.08. The second-order valence-electron chi connectivity index (χ2n) is 5.37. The van der Waals surface area contributed by atoms with Crippen LogP contribution in [0.25, 0.3) is 5.65 Å². The number of aromatic nitrogens is 2. The monoisotopic (exact) mass is 365 g/mol. The number of hydrogen-bond donors (Lipinski definition) is 2. The van der Waals surface area contributed by atoms with E-state index in [1.807, 2.05) is 0 Å². The van der Waals surface area contributed by atoms with Crippen molar-refractivity contribution < 1.29 is 23.0 Å². The number of benzene rings is 1. The predicted octanol–water partition coefficient (Wildman–Crippen LogP) is 2.96. The number of halogens is 3. The number of hydrogen-bond acceptors (Lipinski definition) is 5. The third kappa shape index (κ3) is 3.21. The van der Waals surface area contributed by atoms with Crippen molar-refractivity contribution in [1.82, 2.24) is 9.38 Å². The van der Waals surface area contributed by atoms with Gasteiger partial charge in [-0.2, -0.15) is 13.2 Å². The van der Waals surface area contributed by atoms with Crippen LogP contribution in [-0.4, -0.2) is 21.6 Å². The third-order valence-corrected chi connectivity index (χ3v) is 3.76. The summed E-state index contributed by atoms with van der Waals surface area (Å²) in [5.41, 5.74) is -0.814. The van der Waals surface area contributed by atoms with Gasteiger partial charge in [0.15, 0.2) is 11.4 Å². The van der Waals surface area contributed by atoms with Crippen LogP contribution in [0.1, 0.15) is 11.1 Å². The topological polar surface area (TPSA) is 75.9 Å². The molecule has 0 unspecified atom stereocenters. The molecule has 136 valence electrons. The van der Waals surface area contributed by atoms with Crippen LogP contribution in [0.5, 0.6) is 5.75 Å². The van der Waals surface area contributed by atoms with Crippen LogP contribution in [0, 0.1) is 0 Å². The zero-order chi connectivity index (χ0) is 18.9. The maximum atomic E-state index is 12.7. The number of anilines is 2. The molecule has 0 spiro atoms. The molecule has 0 saturated carbocycles. The van der Waals surface area contributed by atoms with Crippen LogP contribution >= 0.6 is 0 Å². The number of methoxy groups -OCH3 is 1. The van der Waals surface area contributed by atoms with E-state index in [4.69, 9.17) is 4.74 Å². The lowest BCUT2D eigenvalue weighted by atomic mass is 10.2. The van der Waals surface area contributed by atoms with Crippen LogP contribution in [-0.2, 0) is 12.8 Å². The molecule has 0 aliphatic rings. The number of ether oxygens (including phenoxy) is 1. The summed E-state index contributed by atoms with van der Waals surface area (Å²) in [6.07, 6.45) is -2.96. The summed E-state index contributed by atoms with van der Waals surface area (Å²) in [6.45, 7) is -0.588. The Morgan fingerprint density at radius 1 is 1.23 bits per heavy atom. The Morgan fingerprint density at radius 3 is 2.50 bits per heavy atom. The lowest BCUT2D eigenvalue weighted by Gasteiger charge is -2.13. The molecule has 2 heterocycles. The average molecular weight is 365 g/mol. The molecule has 0 saturated heterocycles. The molecule has 0 fully saturated rings. The predicted molar refractivity (Wildman–Crippen MR) is 88.7 cm³/mol. The highest BCUT2D eigenvalue weighted by Gasteiger charge is 2.30. The minimum Gasteiger partial charge on any atom is -0.493 e. The van der Waals surface area contributed by atoms with Crippen LogP contribution in [0.3, 0.4) is 0 Å². The lowest BCUT2D eigenvalue weighted by molar-refractivity contribution is -0.137. The normalized spacial score (nSPS) is 11.6. The maximum absolute atomic E-state index is 12.7. The molecule has 0 atom stereocenters. The van der Waals surface area contributed by atoms with Crippen molar-refractivity contribution in [2.24, 2.45) is 0 Å². The van der Waals surface area contributed by atoms with E-state index in [-0.39, 0.29) is 17.0 Å². The van der Waals surface area contributed by atoms with Crippen LogP contribution in [0.15, 0.2) is 47.4 Å². The molecule has 0 aliphatic carbocycles. The fourth-order valence-electron chi connectivity index (χ4n) is 2.46. The van der Waals surface area contributed by atoms with Crippen LogP contribution < -0.4 is 15.6 Å². The highest BCUT2D eigenvalue weighted by atomic mass is 19.4. The van der Waals surface area contributed by atoms with Crippen LogP contribution in [0.2, 0.25) is 0 Å². The van der Waals surface area contributed by atoms with Gasteiger partial charge in [0.25, 0.3) is 5.56 Å². The van der Waals surface area contributed by atoms with Gasteiger partial charge >= 0.3 is 6.18 Å². The highest BCUT2D eigenvalue weighted by molar-refractivity contribution is 5.64. The molecule has 6 nitrogen and oxygen atoms in total. The molecule has 3 aromatic rings. The Kier molecular flexibility index (Phi) is 4.56. The first-order valence-corrected chi connectivity index (χ1v) is 7.48. The molecule has 0 amide bonds. The fraction of sp³-hybridized carbons (Fsp3) is 0.176. The first-order valence-electron chi connectivity index (χ1n) is 7.48. The van der Waals surface area contributed by atoms with Crippen molar-refractivity contribution in [2.75, 3.05) is 12.4 Å². The lowest BCUT2D eigenvalue weighted by Crippen LogP contribution is -2.22. The van der Waals surface area contributed by atoms with Gasteiger partial charge in [-0.15, -0.1) is 0 Å². The van der Waals surface area contributed by atoms with Gasteiger partial charge in [-0.1, -0.05) is 0 Å². The van der Waals surface area contributed by atoms with E-state index in [0.717, 1.165) is 12.1 Å². The number of rotatable bonds is 4. The second-order valence-corrected chi connectivity index (χ2v) is 5.37. The number of nitrogens with zero attached hydrogens (tertiary/aromatic N) is 2. The number of pyridine rings is 1. The zero-order valence-electron chi connectivity index (χ0n) is 13.5. The zero-order valence-corrected chi connectivity index (χ0v) is 13.5. The molecule has 1 aromatic carbocycles. The van der Waals surface area contributed by atoms with E-state index in [1.165, 1.54) is 29.8 Å². The van der Waals surface area contributed by atoms with Crippen molar-refractivity contribution in [3.8, 4) is 5.75 Å². The molecular formula is C17H14F3N3O3. The third-order valence-electron chi connectivity index (χ3n) is 3.76. The smallest absolute Gasteiger partial charge is 0.416 e. The van der Waals surface area contributed by atoms with Gasteiger partial charge in [-0.05, 0) is 36.4 Å². The number of aliphatic hydroxyl groups excluding tert-OH is 1.